The van der Waals surface area contributed by atoms with Crippen LogP contribution in [0.15, 0.2) is 0 Å². The van der Waals surface area contributed by atoms with Crippen molar-refractivity contribution in [1.82, 2.24) is 0 Å². The third-order valence-electron chi connectivity index (χ3n) is 2.41. The summed E-state index contributed by atoms with van der Waals surface area (Å²) in [7, 11) is -0.367. The van der Waals surface area contributed by atoms with Crippen LogP contribution in [0.1, 0.15) is 52.4 Å². The molecule has 14 heavy (non-hydrogen) atoms. The Balaban J connectivity index is 3.15. The van der Waals surface area contributed by atoms with Gasteiger partial charge in [0.05, 0.1) is 0 Å². The SMILES string of the molecule is CCCCCCCC[SiH](O[SiH3])OCC. The van der Waals surface area contributed by atoms with E-state index in [2.05, 4.69) is 13.8 Å². The van der Waals surface area contributed by atoms with E-state index < -0.39 is 9.28 Å². The second kappa shape index (κ2) is 11.4. The summed E-state index contributed by atoms with van der Waals surface area (Å²) in [5, 5.41) is 0. The molecule has 86 valence electrons. The van der Waals surface area contributed by atoms with Gasteiger partial charge in [0.15, 0.2) is 0 Å². The summed E-state index contributed by atoms with van der Waals surface area (Å²) in [6.07, 6.45) is 8.19. The molecule has 0 spiro atoms. The van der Waals surface area contributed by atoms with E-state index in [0.29, 0.717) is 0 Å². The average molecular weight is 234 g/mol. The lowest BCUT2D eigenvalue weighted by Crippen LogP contribution is -2.21. The summed E-state index contributed by atoms with van der Waals surface area (Å²) in [5.41, 5.74) is 0. The Hall–Kier alpha value is 0.354. The predicted molar refractivity (Wildman–Crippen MR) is 68.0 cm³/mol. The first-order valence-electron chi connectivity index (χ1n) is 5.99. The lowest BCUT2D eigenvalue weighted by Gasteiger charge is -2.12. The maximum absolute atomic E-state index is 5.57. The Labute approximate surface area is 93.8 Å². The molecule has 0 aromatic carbocycles. The summed E-state index contributed by atoms with van der Waals surface area (Å²) in [6.45, 7) is 5.14. The van der Waals surface area contributed by atoms with Crippen LogP contribution in [-0.4, -0.2) is 26.4 Å². The van der Waals surface area contributed by atoms with Crippen LogP contribution in [0.3, 0.4) is 0 Å². The zero-order valence-corrected chi connectivity index (χ0v) is 13.2. The fraction of sp³-hybridized carbons (Fsp3) is 1.00. The second-order valence-electron chi connectivity index (χ2n) is 3.68. The van der Waals surface area contributed by atoms with Crippen molar-refractivity contribution in [2.24, 2.45) is 0 Å². The van der Waals surface area contributed by atoms with E-state index in [9.17, 15) is 0 Å². The first-order chi connectivity index (χ1) is 6.85. The normalized spacial score (nSPS) is 13.3. The molecule has 0 aromatic heterocycles. The van der Waals surface area contributed by atoms with Crippen LogP contribution in [0.4, 0.5) is 0 Å². The first-order valence-corrected chi connectivity index (χ1v) is 8.57. The highest BCUT2D eigenvalue weighted by Crippen LogP contribution is 2.09. The van der Waals surface area contributed by atoms with Gasteiger partial charge in [0.2, 0.25) is 0 Å². The molecule has 0 bridgehead atoms. The molecule has 0 heterocycles. The van der Waals surface area contributed by atoms with Gasteiger partial charge in [-0.2, -0.15) is 0 Å². The van der Waals surface area contributed by atoms with E-state index in [1.165, 1.54) is 44.6 Å². The van der Waals surface area contributed by atoms with Crippen LogP contribution < -0.4 is 0 Å². The summed E-state index contributed by atoms with van der Waals surface area (Å²) < 4.78 is 11.0. The first kappa shape index (κ1) is 14.4. The molecule has 2 nitrogen and oxygen atoms in total. The lowest BCUT2D eigenvalue weighted by molar-refractivity contribution is 0.286. The monoisotopic (exact) mass is 234 g/mol. The topological polar surface area (TPSA) is 18.5 Å². The van der Waals surface area contributed by atoms with Crippen LogP contribution in [0, 0.1) is 0 Å². The standard InChI is InChI=1S/C10H26O2Si2/c1-3-5-6-7-8-9-10-14(12-13)11-4-2/h14H,3-10H2,1-2,13H3. The zero-order chi connectivity index (χ0) is 10.6. The van der Waals surface area contributed by atoms with Gasteiger partial charge in [-0.05, 0) is 13.0 Å². The van der Waals surface area contributed by atoms with E-state index in [1.54, 1.807) is 0 Å². The van der Waals surface area contributed by atoms with Crippen LogP contribution in [0.5, 0.6) is 0 Å². The number of hydrogen-bond donors (Lipinski definition) is 0. The van der Waals surface area contributed by atoms with Crippen molar-refractivity contribution >= 4 is 19.8 Å². The van der Waals surface area contributed by atoms with Crippen molar-refractivity contribution in [3.8, 4) is 0 Å². The summed E-state index contributed by atoms with van der Waals surface area (Å²) in [6, 6.07) is 1.21. The molecule has 1 atom stereocenters. The van der Waals surface area contributed by atoms with Crippen LogP contribution in [-0.2, 0) is 8.54 Å². The molecule has 0 rings (SSSR count). The van der Waals surface area contributed by atoms with Crippen molar-refractivity contribution in [2.45, 2.75) is 58.4 Å². The van der Waals surface area contributed by atoms with Crippen molar-refractivity contribution in [2.75, 3.05) is 6.61 Å². The Kier molecular flexibility index (Phi) is 11.7. The van der Waals surface area contributed by atoms with Gasteiger partial charge in [0.25, 0.3) is 0 Å². The minimum Gasteiger partial charge on any atom is -0.447 e. The fourth-order valence-electron chi connectivity index (χ4n) is 1.55. The van der Waals surface area contributed by atoms with Gasteiger partial charge in [-0.15, -0.1) is 0 Å². The van der Waals surface area contributed by atoms with Crippen molar-refractivity contribution in [3.05, 3.63) is 0 Å². The molecular weight excluding hydrogens is 208 g/mol. The van der Waals surface area contributed by atoms with Crippen LogP contribution >= 0.6 is 0 Å². The highest BCUT2D eigenvalue weighted by atomic mass is 28.3. The third kappa shape index (κ3) is 8.93. The highest BCUT2D eigenvalue weighted by molar-refractivity contribution is 6.48. The van der Waals surface area contributed by atoms with Gasteiger partial charge in [-0.25, -0.2) is 0 Å². The molecule has 0 saturated carbocycles. The second-order valence-corrected chi connectivity index (χ2v) is 7.33. The zero-order valence-electron chi connectivity index (χ0n) is 10.1. The minimum absolute atomic E-state index is 0.828. The number of hydrogen-bond acceptors (Lipinski definition) is 2. The fourth-order valence-corrected chi connectivity index (χ4v) is 4.19. The number of rotatable bonds is 10. The molecule has 0 N–H and O–H groups in total. The Morgan fingerprint density at radius 3 is 2.21 bits per heavy atom. The van der Waals surface area contributed by atoms with Crippen molar-refractivity contribution in [1.29, 1.82) is 0 Å². The molecule has 4 heteroatoms. The molecule has 0 fully saturated rings. The third-order valence-corrected chi connectivity index (χ3v) is 6.10. The summed E-state index contributed by atoms with van der Waals surface area (Å²) >= 11 is 0. The quantitative estimate of drug-likeness (QED) is 0.425. The number of unbranched alkanes of at least 4 members (excludes halogenated alkanes) is 5. The van der Waals surface area contributed by atoms with E-state index in [1.807, 2.05) is 0 Å². The molecule has 0 radical (unpaired) electrons. The smallest absolute Gasteiger partial charge is 0.310 e. The van der Waals surface area contributed by atoms with Gasteiger partial charge in [-0.3, -0.25) is 0 Å². The molecule has 0 saturated heterocycles. The van der Waals surface area contributed by atoms with Gasteiger partial charge in [-0.1, -0.05) is 45.4 Å². The molecule has 0 aliphatic rings. The lowest BCUT2D eigenvalue weighted by atomic mass is 10.1. The van der Waals surface area contributed by atoms with E-state index >= 15 is 0 Å². The van der Waals surface area contributed by atoms with E-state index in [-0.39, 0.29) is 0 Å². The van der Waals surface area contributed by atoms with Crippen molar-refractivity contribution in [3.63, 3.8) is 0 Å². The Morgan fingerprint density at radius 1 is 1.00 bits per heavy atom. The molecule has 0 aromatic rings. The Morgan fingerprint density at radius 2 is 1.64 bits per heavy atom. The Bertz CT molecular complexity index is 112. The van der Waals surface area contributed by atoms with Gasteiger partial charge in [0.1, 0.15) is 10.5 Å². The summed E-state index contributed by atoms with van der Waals surface area (Å²) in [5.74, 6) is 0. The van der Waals surface area contributed by atoms with Crippen molar-refractivity contribution < 1.29 is 8.54 Å². The van der Waals surface area contributed by atoms with Gasteiger partial charge >= 0.3 is 9.28 Å². The molecule has 0 amide bonds. The molecule has 0 aliphatic heterocycles. The molecular formula is C10H26O2Si2. The maximum Gasteiger partial charge on any atom is 0.310 e. The van der Waals surface area contributed by atoms with Gasteiger partial charge < -0.3 is 8.54 Å². The summed E-state index contributed by atoms with van der Waals surface area (Å²) in [4.78, 5) is 0. The van der Waals surface area contributed by atoms with Crippen LogP contribution in [0.25, 0.3) is 0 Å². The minimum atomic E-state index is -1.21. The van der Waals surface area contributed by atoms with E-state index in [4.69, 9.17) is 8.54 Å². The maximum atomic E-state index is 5.57. The van der Waals surface area contributed by atoms with Gasteiger partial charge in [0, 0.05) is 6.61 Å². The largest absolute Gasteiger partial charge is 0.447 e. The molecule has 1 unspecified atom stereocenters. The average Bonchev–Trinajstić information content (AvgIpc) is 2.21. The molecule has 0 aliphatic carbocycles. The highest BCUT2D eigenvalue weighted by Gasteiger charge is 2.08. The van der Waals surface area contributed by atoms with E-state index in [0.717, 1.165) is 17.1 Å². The van der Waals surface area contributed by atoms with Crippen LogP contribution in [0.2, 0.25) is 6.04 Å². The predicted octanol–water partition coefficient (Wildman–Crippen LogP) is 1.90.